The SMILES string of the molecule is N#Cc1ccc(Sc2nnc(-c3ccc(F)cc3)n2Cc2ccco2)nn1. The van der Waals surface area contributed by atoms with E-state index < -0.39 is 0 Å². The van der Waals surface area contributed by atoms with Gasteiger partial charge < -0.3 is 4.42 Å². The molecule has 0 unspecified atom stereocenters. The van der Waals surface area contributed by atoms with Gasteiger partial charge in [-0.25, -0.2) is 4.39 Å². The molecule has 0 aliphatic heterocycles. The molecule has 0 spiro atoms. The Morgan fingerprint density at radius 3 is 2.56 bits per heavy atom. The Kier molecular flexibility index (Phi) is 4.63. The number of hydrogen-bond donors (Lipinski definition) is 0. The molecule has 3 heterocycles. The van der Waals surface area contributed by atoms with E-state index in [4.69, 9.17) is 9.68 Å². The number of hydrogen-bond acceptors (Lipinski definition) is 7. The maximum Gasteiger partial charge on any atom is 0.198 e. The van der Waals surface area contributed by atoms with E-state index in [2.05, 4.69) is 20.4 Å². The average Bonchev–Trinajstić information content (AvgIpc) is 3.34. The summed E-state index contributed by atoms with van der Waals surface area (Å²) in [6.45, 7) is 0.402. The maximum atomic E-state index is 13.3. The standard InChI is InChI=1S/C18H11FN6OS/c19-13-5-3-12(4-6-13)17-23-24-18(25(17)11-15-2-1-9-26-15)27-16-8-7-14(10-20)21-22-16/h1-9H,11H2. The van der Waals surface area contributed by atoms with E-state index in [0.717, 1.165) is 11.3 Å². The number of furan rings is 1. The highest BCUT2D eigenvalue weighted by Crippen LogP contribution is 2.29. The molecule has 0 bridgehead atoms. The monoisotopic (exact) mass is 378 g/mol. The van der Waals surface area contributed by atoms with Crippen LogP contribution < -0.4 is 0 Å². The molecule has 0 radical (unpaired) electrons. The third-order valence-electron chi connectivity index (χ3n) is 3.66. The van der Waals surface area contributed by atoms with Crippen molar-refractivity contribution in [1.29, 1.82) is 5.26 Å². The maximum absolute atomic E-state index is 13.3. The first-order valence-electron chi connectivity index (χ1n) is 7.86. The number of rotatable bonds is 5. The van der Waals surface area contributed by atoms with Crippen LogP contribution in [0.1, 0.15) is 11.5 Å². The van der Waals surface area contributed by atoms with Crippen molar-refractivity contribution in [3.63, 3.8) is 0 Å². The van der Waals surface area contributed by atoms with Gasteiger partial charge in [-0.15, -0.1) is 20.4 Å². The third kappa shape index (κ3) is 3.70. The van der Waals surface area contributed by atoms with E-state index in [0.29, 0.717) is 22.6 Å². The lowest BCUT2D eigenvalue weighted by molar-refractivity contribution is 0.485. The van der Waals surface area contributed by atoms with Crippen molar-refractivity contribution in [2.75, 3.05) is 0 Å². The minimum Gasteiger partial charge on any atom is -0.467 e. The number of nitrogens with zero attached hydrogens (tertiary/aromatic N) is 6. The summed E-state index contributed by atoms with van der Waals surface area (Å²) in [4.78, 5) is 0. The van der Waals surface area contributed by atoms with Crippen LogP contribution in [-0.4, -0.2) is 25.0 Å². The first-order valence-corrected chi connectivity index (χ1v) is 8.68. The molecule has 0 fully saturated rings. The Morgan fingerprint density at radius 1 is 1.04 bits per heavy atom. The Morgan fingerprint density at radius 2 is 1.89 bits per heavy atom. The molecule has 4 rings (SSSR count). The molecule has 132 valence electrons. The largest absolute Gasteiger partial charge is 0.467 e. The van der Waals surface area contributed by atoms with Gasteiger partial charge >= 0.3 is 0 Å². The second-order valence-corrected chi connectivity index (χ2v) is 6.44. The van der Waals surface area contributed by atoms with Gasteiger partial charge in [-0.1, -0.05) is 0 Å². The molecule has 7 nitrogen and oxygen atoms in total. The quantitative estimate of drug-likeness (QED) is 0.524. The van der Waals surface area contributed by atoms with Crippen molar-refractivity contribution in [3.05, 3.63) is 72.1 Å². The van der Waals surface area contributed by atoms with Crippen LogP contribution in [0.4, 0.5) is 4.39 Å². The number of nitriles is 1. The predicted molar refractivity (Wildman–Crippen MR) is 94.1 cm³/mol. The zero-order chi connectivity index (χ0) is 18.6. The molecule has 9 heteroatoms. The smallest absolute Gasteiger partial charge is 0.198 e. The molecular weight excluding hydrogens is 367 g/mol. The molecule has 1 aromatic carbocycles. The van der Waals surface area contributed by atoms with Crippen LogP contribution in [0, 0.1) is 17.1 Å². The normalized spacial score (nSPS) is 10.7. The van der Waals surface area contributed by atoms with Crippen molar-refractivity contribution >= 4 is 11.8 Å². The summed E-state index contributed by atoms with van der Waals surface area (Å²) >= 11 is 1.26. The van der Waals surface area contributed by atoms with Crippen LogP contribution in [0.5, 0.6) is 0 Å². The zero-order valence-electron chi connectivity index (χ0n) is 13.8. The highest BCUT2D eigenvalue weighted by molar-refractivity contribution is 7.99. The lowest BCUT2D eigenvalue weighted by Crippen LogP contribution is -2.03. The second-order valence-electron chi connectivity index (χ2n) is 5.45. The molecule has 4 aromatic rings. The summed E-state index contributed by atoms with van der Waals surface area (Å²) in [5.41, 5.74) is 0.969. The van der Waals surface area contributed by atoms with Gasteiger partial charge in [0.2, 0.25) is 0 Å². The van der Waals surface area contributed by atoms with Crippen molar-refractivity contribution in [1.82, 2.24) is 25.0 Å². The minimum absolute atomic E-state index is 0.239. The molecule has 0 saturated carbocycles. The molecule has 0 aliphatic rings. The first-order chi connectivity index (χ1) is 13.2. The van der Waals surface area contributed by atoms with E-state index in [1.165, 1.54) is 23.9 Å². The Labute approximate surface area is 157 Å². The van der Waals surface area contributed by atoms with Crippen LogP contribution in [0.2, 0.25) is 0 Å². The van der Waals surface area contributed by atoms with Crippen LogP contribution in [0.25, 0.3) is 11.4 Å². The lowest BCUT2D eigenvalue weighted by atomic mass is 10.2. The van der Waals surface area contributed by atoms with Gasteiger partial charge in [0.05, 0.1) is 12.8 Å². The minimum atomic E-state index is -0.321. The van der Waals surface area contributed by atoms with Gasteiger partial charge in [0, 0.05) is 5.56 Å². The Hall–Kier alpha value is -3.51. The van der Waals surface area contributed by atoms with Gasteiger partial charge in [-0.2, -0.15) is 5.26 Å². The van der Waals surface area contributed by atoms with Crippen molar-refractivity contribution in [2.24, 2.45) is 0 Å². The summed E-state index contributed by atoms with van der Waals surface area (Å²) in [5, 5.41) is 26.3. The summed E-state index contributed by atoms with van der Waals surface area (Å²) in [5.74, 6) is 0.986. The molecule has 0 saturated heterocycles. The van der Waals surface area contributed by atoms with Gasteiger partial charge in [0.15, 0.2) is 16.7 Å². The highest BCUT2D eigenvalue weighted by Gasteiger charge is 2.17. The molecule has 3 aromatic heterocycles. The highest BCUT2D eigenvalue weighted by atomic mass is 32.2. The molecule has 0 N–H and O–H groups in total. The second kappa shape index (κ2) is 7.39. The van der Waals surface area contributed by atoms with Crippen LogP contribution in [-0.2, 0) is 6.54 Å². The van der Waals surface area contributed by atoms with Crippen LogP contribution >= 0.6 is 11.8 Å². The summed E-state index contributed by atoms with van der Waals surface area (Å²) in [6.07, 6.45) is 1.59. The van der Waals surface area contributed by atoms with Gasteiger partial charge in [-0.05, 0) is 60.3 Å². The van der Waals surface area contributed by atoms with Crippen LogP contribution in [0.15, 0.2) is 69.4 Å². The van der Waals surface area contributed by atoms with Crippen molar-refractivity contribution in [2.45, 2.75) is 16.7 Å². The number of benzene rings is 1. The van der Waals surface area contributed by atoms with E-state index in [9.17, 15) is 4.39 Å². The number of halogens is 1. The van der Waals surface area contributed by atoms with Crippen LogP contribution in [0.3, 0.4) is 0 Å². The zero-order valence-corrected chi connectivity index (χ0v) is 14.6. The first kappa shape index (κ1) is 16.9. The van der Waals surface area contributed by atoms with Gasteiger partial charge in [-0.3, -0.25) is 4.57 Å². The van der Waals surface area contributed by atoms with Gasteiger partial charge in [0.1, 0.15) is 22.7 Å². The summed E-state index contributed by atoms with van der Waals surface area (Å²) in [7, 11) is 0. The topological polar surface area (TPSA) is 93.4 Å². The van der Waals surface area contributed by atoms with E-state index >= 15 is 0 Å². The average molecular weight is 378 g/mol. The van der Waals surface area contributed by atoms with Crippen molar-refractivity contribution in [3.8, 4) is 17.5 Å². The molecule has 0 amide bonds. The fraction of sp³-hybridized carbons (Fsp3) is 0.0556. The molecule has 27 heavy (non-hydrogen) atoms. The fourth-order valence-electron chi connectivity index (χ4n) is 2.41. The number of aromatic nitrogens is 5. The third-order valence-corrected chi connectivity index (χ3v) is 4.58. The molecule has 0 aliphatic carbocycles. The molecule has 0 atom stereocenters. The molecular formula is C18H11FN6OS. The van der Waals surface area contributed by atoms with Crippen molar-refractivity contribution < 1.29 is 8.81 Å². The lowest BCUT2D eigenvalue weighted by Gasteiger charge is -2.08. The summed E-state index contributed by atoms with van der Waals surface area (Å²) in [6, 6.07) is 14.9. The Bertz CT molecular complexity index is 1080. The van der Waals surface area contributed by atoms with E-state index in [-0.39, 0.29) is 11.5 Å². The fourth-order valence-corrected chi connectivity index (χ4v) is 3.15. The summed E-state index contributed by atoms with van der Waals surface area (Å²) < 4.78 is 20.6. The Balaban J connectivity index is 1.71. The van der Waals surface area contributed by atoms with Gasteiger partial charge in [0.25, 0.3) is 0 Å². The van der Waals surface area contributed by atoms with E-state index in [1.807, 2.05) is 16.7 Å². The van der Waals surface area contributed by atoms with E-state index in [1.54, 1.807) is 36.6 Å². The predicted octanol–water partition coefficient (Wildman–Crippen LogP) is 3.54.